The van der Waals surface area contributed by atoms with E-state index in [0.717, 1.165) is 11.1 Å². The van der Waals surface area contributed by atoms with Crippen LogP contribution in [0.3, 0.4) is 0 Å². The number of hydrogen-bond acceptors (Lipinski definition) is 10. The minimum atomic E-state index is -1.53. The molecular formula is C31H47NO10. The molecule has 0 amide bonds. The van der Waals surface area contributed by atoms with Gasteiger partial charge in [0.2, 0.25) is 17.1 Å². The molecule has 2 rings (SSSR count). The summed E-state index contributed by atoms with van der Waals surface area (Å²) in [6.07, 6.45) is 3.75. The number of nitrogens with one attached hydrogen (secondary N) is 1. The van der Waals surface area contributed by atoms with Gasteiger partial charge < -0.3 is 49.5 Å². The third-order valence-electron chi connectivity index (χ3n) is 7.37. The van der Waals surface area contributed by atoms with Gasteiger partial charge in [0.25, 0.3) is 0 Å². The average molecular weight is 594 g/mol. The molecule has 0 aromatic carbocycles. The smallest absolute Gasteiger partial charge is 0.238 e. The van der Waals surface area contributed by atoms with Crippen molar-refractivity contribution >= 4 is 6.08 Å². The van der Waals surface area contributed by atoms with Gasteiger partial charge in [0.15, 0.2) is 6.29 Å². The Morgan fingerprint density at radius 3 is 2.38 bits per heavy atom. The molecule has 8 atom stereocenters. The maximum absolute atomic E-state index is 12.6. The molecule has 11 nitrogen and oxygen atoms in total. The number of allylic oxidation sites excluding steroid dienone is 3. The maximum Gasteiger partial charge on any atom is 0.238 e. The SMILES string of the molecule is CC=C(C)C(OC1OC(CO)C(O)C(O)C1O)C(C)C=C(C)C=CCC(C)(O)C=Cc1[nH]c(OC)c(OC)c(=O)c1C. The number of hydrogen-bond donors (Lipinski definition) is 6. The lowest BCUT2D eigenvalue weighted by molar-refractivity contribution is -0.310. The minimum absolute atomic E-state index is 0.0868. The van der Waals surface area contributed by atoms with Crippen LogP contribution in [0.4, 0.5) is 0 Å². The van der Waals surface area contributed by atoms with Crippen molar-refractivity contribution in [3.05, 3.63) is 63.0 Å². The molecule has 1 fully saturated rings. The highest BCUT2D eigenvalue weighted by atomic mass is 16.7. The number of aliphatic hydroxyl groups excluding tert-OH is 4. The number of ether oxygens (including phenoxy) is 4. The molecule has 0 spiro atoms. The molecule has 11 heteroatoms. The van der Waals surface area contributed by atoms with Gasteiger partial charge in [-0.1, -0.05) is 42.9 Å². The van der Waals surface area contributed by atoms with Crippen LogP contribution < -0.4 is 14.9 Å². The first-order valence-electron chi connectivity index (χ1n) is 13.9. The fourth-order valence-corrected chi connectivity index (χ4v) is 4.67. The summed E-state index contributed by atoms with van der Waals surface area (Å²) in [6.45, 7) is 10.4. The maximum atomic E-state index is 12.6. The van der Waals surface area contributed by atoms with Crippen molar-refractivity contribution < 1.29 is 44.5 Å². The Morgan fingerprint density at radius 1 is 1.14 bits per heavy atom. The van der Waals surface area contributed by atoms with E-state index in [9.17, 15) is 30.3 Å². The van der Waals surface area contributed by atoms with Gasteiger partial charge >= 0.3 is 0 Å². The van der Waals surface area contributed by atoms with Crippen LogP contribution >= 0.6 is 0 Å². The third-order valence-corrected chi connectivity index (χ3v) is 7.37. The molecule has 0 saturated carbocycles. The third kappa shape index (κ3) is 8.87. The van der Waals surface area contributed by atoms with Gasteiger partial charge in [-0.3, -0.25) is 4.79 Å². The predicted molar refractivity (Wildman–Crippen MR) is 159 cm³/mol. The molecule has 1 aliphatic heterocycles. The first-order chi connectivity index (χ1) is 19.7. The summed E-state index contributed by atoms with van der Waals surface area (Å²) in [4.78, 5) is 15.6. The van der Waals surface area contributed by atoms with Crippen LogP contribution in [0.25, 0.3) is 6.08 Å². The first-order valence-corrected chi connectivity index (χ1v) is 13.9. The molecule has 2 heterocycles. The van der Waals surface area contributed by atoms with Crippen molar-refractivity contribution in [2.75, 3.05) is 20.8 Å². The van der Waals surface area contributed by atoms with E-state index in [4.69, 9.17) is 18.9 Å². The molecule has 1 saturated heterocycles. The zero-order chi connectivity index (χ0) is 31.8. The molecule has 6 N–H and O–H groups in total. The number of H-pyrrole nitrogens is 1. The fraction of sp³-hybridized carbons (Fsp3) is 0.581. The monoisotopic (exact) mass is 593 g/mol. The largest absolute Gasteiger partial charge is 0.488 e. The Bertz CT molecular complexity index is 1210. The Balaban J connectivity index is 2.14. The molecule has 236 valence electrons. The van der Waals surface area contributed by atoms with Gasteiger partial charge in [-0.25, -0.2) is 0 Å². The van der Waals surface area contributed by atoms with Crippen molar-refractivity contribution in [1.29, 1.82) is 0 Å². The van der Waals surface area contributed by atoms with Gasteiger partial charge in [0.05, 0.1) is 32.5 Å². The van der Waals surface area contributed by atoms with Crippen molar-refractivity contribution in [3.63, 3.8) is 0 Å². The van der Waals surface area contributed by atoms with Crippen molar-refractivity contribution in [2.45, 2.75) is 90.4 Å². The van der Waals surface area contributed by atoms with E-state index in [-0.39, 0.29) is 29.4 Å². The highest BCUT2D eigenvalue weighted by Crippen LogP contribution is 2.28. The Morgan fingerprint density at radius 2 is 1.81 bits per heavy atom. The van der Waals surface area contributed by atoms with Gasteiger partial charge in [0.1, 0.15) is 24.4 Å². The van der Waals surface area contributed by atoms with E-state index in [2.05, 4.69) is 4.98 Å². The molecule has 0 bridgehead atoms. The number of pyridine rings is 1. The van der Waals surface area contributed by atoms with Crippen molar-refractivity contribution in [2.24, 2.45) is 5.92 Å². The van der Waals surface area contributed by atoms with Gasteiger partial charge in [-0.2, -0.15) is 0 Å². The second kappa shape index (κ2) is 15.6. The molecule has 0 radical (unpaired) electrons. The topological polar surface area (TPSA) is 171 Å². The number of methoxy groups -OCH3 is 2. The minimum Gasteiger partial charge on any atom is -0.488 e. The fourth-order valence-electron chi connectivity index (χ4n) is 4.67. The van der Waals surface area contributed by atoms with Crippen LogP contribution in [-0.2, 0) is 9.47 Å². The Kier molecular flexibility index (Phi) is 13.2. The highest BCUT2D eigenvalue weighted by molar-refractivity contribution is 5.54. The second-order valence-electron chi connectivity index (χ2n) is 10.9. The number of aromatic amines is 1. The van der Waals surface area contributed by atoms with E-state index in [1.165, 1.54) is 14.2 Å². The van der Waals surface area contributed by atoms with Gasteiger partial charge in [-0.05, 0) is 52.7 Å². The first kappa shape index (κ1) is 35.4. The summed E-state index contributed by atoms with van der Waals surface area (Å²) in [5, 5.41) is 51.0. The highest BCUT2D eigenvalue weighted by Gasteiger charge is 2.45. The zero-order valence-electron chi connectivity index (χ0n) is 25.7. The van der Waals surface area contributed by atoms with Crippen LogP contribution in [-0.4, -0.2) is 93.8 Å². The summed E-state index contributed by atoms with van der Waals surface area (Å²) < 4.78 is 22.0. The zero-order valence-corrected chi connectivity index (χ0v) is 25.7. The summed E-state index contributed by atoms with van der Waals surface area (Å²) in [5.41, 5.74) is 1.17. The van der Waals surface area contributed by atoms with Crippen LogP contribution in [0, 0.1) is 12.8 Å². The van der Waals surface area contributed by atoms with Crippen LogP contribution in [0.1, 0.15) is 52.3 Å². The van der Waals surface area contributed by atoms with E-state index >= 15 is 0 Å². The lowest BCUT2D eigenvalue weighted by Crippen LogP contribution is -2.60. The summed E-state index contributed by atoms with van der Waals surface area (Å²) in [7, 11) is 2.82. The summed E-state index contributed by atoms with van der Waals surface area (Å²) in [5.74, 6) is 0.0939. The van der Waals surface area contributed by atoms with Gasteiger partial charge in [-0.15, -0.1) is 0 Å². The van der Waals surface area contributed by atoms with E-state index < -0.39 is 49.0 Å². The molecule has 1 aromatic rings. The quantitative estimate of drug-likeness (QED) is 0.147. The summed E-state index contributed by atoms with van der Waals surface area (Å²) >= 11 is 0. The average Bonchev–Trinajstić information content (AvgIpc) is 2.95. The lowest BCUT2D eigenvalue weighted by atomic mass is 9.94. The molecular weight excluding hydrogens is 546 g/mol. The van der Waals surface area contributed by atoms with E-state index in [1.807, 2.05) is 52.0 Å². The Labute approximate surface area is 247 Å². The van der Waals surface area contributed by atoms with Crippen molar-refractivity contribution in [3.8, 4) is 11.6 Å². The standard InChI is InChI=1S/C31H47NO10/c1-9-18(3)27(42-30-26(37)25(36)24(35)22(16-33)41-30)19(4)15-17(2)11-10-13-31(6,38)14-12-21-20(5)23(34)28(39-7)29(32-21)40-8/h9-12,14-15,19,22,24-27,30,33,35-38H,13,16H2,1-8H3,(H,32,34). The van der Waals surface area contributed by atoms with Crippen LogP contribution in [0.5, 0.6) is 11.6 Å². The predicted octanol–water partition coefficient (Wildman–Crippen LogP) is 2.14. The van der Waals surface area contributed by atoms with E-state index in [1.54, 1.807) is 26.0 Å². The molecule has 1 aliphatic rings. The lowest BCUT2D eigenvalue weighted by Gasteiger charge is -2.41. The number of rotatable bonds is 13. The number of aromatic nitrogens is 1. The molecule has 1 aromatic heterocycles. The van der Waals surface area contributed by atoms with Crippen LogP contribution in [0.15, 0.2) is 46.3 Å². The van der Waals surface area contributed by atoms with Crippen molar-refractivity contribution in [1.82, 2.24) is 4.98 Å². The molecule has 0 aliphatic carbocycles. The van der Waals surface area contributed by atoms with E-state index in [0.29, 0.717) is 11.3 Å². The Hall–Kier alpha value is -2.77. The summed E-state index contributed by atoms with van der Waals surface area (Å²) in [6, 6.07) is 0. The normalized spacial score (nSPS) is 26.8. The molecule has 8 unspecified atom stereocenters. The van der Waals surface area contributed by atoms with Gasteiger partial charge in [0, 0.05) is 17.2 Å². The van der Waals surface area contributed by atoms with Crippen LogP contribution in [0.2, 0.25) is 0 Å². The second-order valence-corrected chi connectivity index (χ2v) is 10.9. The molecule has 42 heavy (non-hydrogen) atoms. The number of aliphatic hydroxyl groups is 5.